The first kappa shape index (κ1) is 73.1. The molecule has 0 radical (unpaired) electrons. The van der Waals surface area contributed by atoms with Crippen LogP contribution < -0.4 is 42.5 Å². The molecule has 8 N–H and O–H groups in total. The van der Waals surface area contributed by atoms with Crippen LogP contribution in [0, 0.1) is 30.6 Å². The number of amides is 10. The molecule has 2 heterocycles. The van der Waals surface area contributed by atoms with Crippen molar-refractivity contribution in [3.05, 3.63) is 17.8 Å². The average Bonchev–Trinajstić information content (AvgIpc) is 2.52. The molecule has 1 saturated carbocycles. The number of hydrogen-bond donors (Lipinski definition) is 8. The number of oxazole rings is 1. The summed E-state index contributed by atoms with van der Waals surface area (Å²) >= 11 is 0. The van der Waals surface area contributed by atoms with Gasteiger partial charge in [-0.2, -0.15) is 0 Å². The summed E-state index contributed by atoms with van der Waals surface area (Å²) in [6, 6.07) is -5.52. The number of carbonyl (C=O) groups excluding carboxylic acids is 10. The zero-order valence-electron chi connectivity index (χ0n) is 54.3. The summed E-state index contributed by atoms with van der Waals surface area (Å²) in [7, 11) is 3.92. The second-order valence-corrected chi connectivity index (χ2v) is 26.9. The normalized spacial score (nSPS) is 16.9. The van der Waals surface area contributed by atoms with Gasteiger partial charge in [0.25, 0.3) is 5.91 Å². The maximum Gasteiger partial charge on any atom is 0.277 e. The van der Waals surface area contributed by atoms with E-state index in [9.17, 15) is 47.9 Å². The number of nitrogens with zero attached hydrogens (tertiary/aromatic N) is 4. The van der Waals surface area contributed by atoms with E-state index in [2.05, 4.69) is 54.4 Å². The molecule has 0 aromatic carbocycles. The van der Waals surface area contributed by atoms with Crippen molar-refractivity contribution in [2.75, 3.05) is 33.7 Å². The van der Waals surface area contributed by atoms with Crippen LogP contribution in [-0.4, -0.2) is 166 Å². The minimum atomic E-state index is -1.65. The summed E-state index contributed by atoms with van der Waals surface area (Å²) in [4.78, 5) is 148. The second kappa shape index (κ2) is 34.3. The highest BCUT2D eigenvalue weighted by molar-refractivity contribution is 5.99. The highest BCUT2D eigenvalue weighted by Crippen LogP contribution is 2.32. The largest absolute Gasteiger partial charge is 0.448 e. The monoisotopic (exact) mass is 1200 g/mol. The standard InChI is InChI=1S/C62H108N12O11/c1-17-18-19-20-21-22-25-49(74(38-75)51-26-23-31-73(51)57(82)48-36-85-43(10)64-48)56(81)66-47(35-42(8)9)55(80)71-61(13,14)59(84)68-45(33-40(4)5)53(78)65-46(34-41(6)7)54(79)70-60(11,12)58(83)67-44(32-39(2)3)52(77)63-30-27-50(76)69-62(28-24-29-62)37-72(15)16/h36,38-42,44-47,49,51H,17-35,37H2,1-16H3,(H,63,77)(H,65,78)(H,66,81)(H,67,83)(H,68,84)(H,69,76)(H,70,79)(H,71,80)/t44-,45-,46-,47-,49-,51+/m0/s1. The van der Waals surface area contributed by atoms with Gasteiger partial charge in [0.05, 0.1) is 5.54 Å². The summed E-state index contributed by atoms with van der Waals surface area (Å²) < 4.78 is 5.31. The quantitative estimate of drug-likeness (QED) is 0.0315. The molecule has 2 aliphatic rings. The van der Waals surface area contributed by atoms with E-state index >= 15 is 0 Å². The Morgan fingerprint density at radius 3 is 1.61 bits per heavy atom. The van der Waals surface area contributed by atoms with Crippen LogP contribution >= 0.6 is 0 Å². The molecular weight excluding hydrogens is 1090 g/mol. The van der Waals surface area contributed by atoms with Crippen molar-refractivity contribution < 1.29 is 52.4 Å². The first-order chi connectivity index (χ1) is 39.7. The molecule has 1 aromatic heterocycles. The van der Waals surface area contributed by atoms with Crippen LogP contribution in [0.2, 0.25) is 0 Å². The van der Waals surface area contributed by atoms with Gasteiger partial charge in [-0.15, -0.1) is 0 Å². The van der Waals surface area contributed by atoms with E-state index in [-0.39, 0.29) is 85.9 Å². The topological polar surface area (TPSA) is 303 Å². The van der Waals surface area contributed by atoms with Crippen LogP contribution in [-0.2, 0) is 43.2 Å². The zero-order chi connectivity index (χ0) is 64.0. The number of likely N-dealkylation sites (tertiary alicyclic amines) is 1. The van der Waals surface area contributed by atoms with Crippen molar-refractivity contribution in [3.63, 3.8) is 0 Å². The van der Waals surface area contributed by atoms with Crippen LogP contribution in [0.15, 0.2) is 10.7 Å². The Labute approximate surface area is 506 Å². The number of likely N-dealkylation sites (N-methyl/N-ethyl adjacent to an activating group) is 1. The Balaban J connectivity index is 1.77. The van der Waals surface area contributed by atoms with Gasteiger partial charge >= 0.3 is 0 Å². The maximum atomic E-state index is 14.6. The van der Waals surface area contributed by atoms with Crippen LogP contribution in [0.4, 0.5) is 0 Å². The van der Waals surface area contributed by atoms with Gasteiger partial charge < -0.3 is 61.7 Å². The molecule has 10 amide bonds. The number of aromatic nitrogens is 1. The molecule has 1 aromatic rings. The van der Waals surface area contributed by atoms with Gasteiger partial charge in [-0.25, -0.2) is 4.98 Å². The van der Waals surface area contributed by atoms with E-state index in [4.69, 9.17) is 4.42 Å². The van der Waals surface area contributed by atoms with Gasteiger partial charge in [-0.3, -0.25) is 47.9 Å². The van der Waals surface area contributed by atoms with Crippen molar-refractivity contribution in [1.29, 1.82) is 0 Å². The van der Waals surface area contributed by atoms with Crippen molar-refractivity contribution in [3.8, 4) is 0 Å². The molecule has 1 aliphatic heterocycles. The predicted octanol–water partition coefficient (Wildman–Crippen LogP) is 5.14. The third-order valence-corrected chi connectivity index (χ3v) is 15.6. The smallest absolute Gasteiger partial charge is 0.277 e. The van der Waals surface area contributed by atoms with Gasteiger partial charge in [0, 0.05) is 33.0 Å². The number of unbranched alkanes of at least 4 members (excludes halogenated alkanes) is 5. The van der Waals surface area contributed by atoms with Gasteiger partial charge in [0.1, 0.15) is 53.7 Å². The maximum absolute atomic E-state index is 14.6. The highest BCUT2D eigenvalue weighted by Gasteiger charge is 2.43. The SMILES string of the molecule is CCCCCCCC[C@@H](C(=O)N[C@@H](CC(C)C)C(=O)NC(C)(C)C(=O)N[C@@H](CC(C)C)C(=O)N[C@@H](CC(C)C)C(=O)NC(C)(C)C(=O)N[C@@H](CC(C)C)C(=O)NCCC(=O)NC1(CN(C)C)CCC1)N(C=O)[C@@H]1CCCN1C(=O)c1coc(C)n1. The fourth-order valence-electron chi connectivity index (χ4n) is 11.0. The molecule has 1 saturated heterocycles. The fraction of sp³-hybridized carbons (Fsp3) is 0.790. The minimum Gasteiger partial charge on any atom is -0.448 e. The second-order valence-electron chi connectivity index (χ2n) is 26.9. The van der Waals surface area contributed by atoms with Crippen LogP contribution in [0.25, 0.3) is 0 Å². The molecule has 6 atom stereocenters. The molecule has 1 aliphatic carbocycles. The molecule has 0 spiro atoms. The average molecular weight is 1200 g/mol. The Morgan fingerprint density at radius 1 is 0.682 bits per heavy atom. The van der Waals surface area contributed by atoms with Crippen molar-refractivity contribution in [2.45, 2.75) is 259 Å². The van der Waals surface area contributed by atoms with E-state index in [0.29, 0.717) is 38.1 Å². The zero-order valence-corrected chi connectivity index (χ0v) is 54.3. The lowest BCUT2D eigenvalue weighted by atomic mass is 9.76. The van der Waals surface area contributed by atoms with E-state index in [0.717, 1.165) is 57.9 Å². The predicted molar refractivity (Wildman–Crippen MR) is 326 cm³/mol. The number of carbonyl (C=O) groups is 10. The Kier molecular flexibility index (Phi) is 29.5. The van der Waals surface area contributed by atoms with E-state index < -0.39 is 94.7 Å². The Morgan fingerprint density at radius 2 is 1.16 bits per heavy atom. The van der Waals surface area contributed by atoms with Gasteiger partial charge in [-0.05, 0) is 130 Å². The van der Waals surface area contributed by atoms with Gasteiger partial charge in [0.15, 0.2) is 11.6 Å². The molecule has 23 nitrogen and oxygen atoms in total. The first-order valence-corrected chi connectivity index (χ1v) is 31.3. The number of aryl methyl sites for hydroxylation is 1. The lowest BCUT2D eigenvalue weighted by Crippen LogP contribution is -2.64. The third kappa shape index (κ3) is 23.9. The third-order valence-electron chi connectivity index (χ3n) is 15.6. The number of hydrogen-bond acceptors (Lipinski definition) is 13. The molecule has 482 valence electrons. The van der Waals surface area contributed by atoms with Gasteiger partial charge in [0.2, 0.25) is 53.7 Å². The van der Waals surface area contributed by atoms with Crippen LogP contribution in [0.5, 0.6) is 0 Å². The molecule has 3 rings (SSSR count). The highest BCUT2D eigenvalue weighted by atomic mass is 16.3. The first-order valence-electron chi connectivity index (χ1n) is 31.3. The fourth-order valence-corrected chi connectivity index (χ4v) is 11.0. The number of rotatable bonds is 38. The number of nitrogens with one attached hydrogen (secondary N) is 8. The summed E-state index contributed by atoms with van der Waals surface area (Å²) in [5.74, 6) is -5.07. The Bertz CT molecular complexity index is 2380. The van der Waals surface area contributed by atoms with Crippen LogP contribution in [0.3, 0.4) is 0 Å². The molecule has 23 heteroatoms. The summed E-state index contributed by atoms with van der Waals surface area (Å²) in [5, 5.41) is 22.9. The molecular formula is C62H108N12O11. The summed E-state index contributed by atoms with van der Waals surface area (Å²) in [6.07, 6.45) is 11.5. The molecule has 0 bridgehead atoms. The van der Waals surface area contributed by atoms with E-state index in [1.807, 2.05) is 74.4 Å². The molecule has 85 heavy (non-hydrogen) atoms. The van der Waals surface area contributed by atoms with E-state index in [1.165, 1.54) is 43.8 Å². The summed E-state index contributed by atoms with van der Waals surface area (Å²) in [6.45, 7) is 25.9. The lowest BCUT2D eigenvalue weighted by Gasteiger charge is -2.44. The lowest BCUT2D eigenvalue weighted by molar-refractivity contribution is -0.140. The van der Waals surface area contributed by atoms with E-state index in [1.54, 1.807) is 6.92 Å². The van der Waals surface area contributed by atoms with Gasteiger partial charge in [-0.1, -0.05) is 101 Å². The van der Waals surface area contributed by atoms with Crippen LogP contribution in [0.1, 0.15) is 216 Å². The molecule has 0 unspecified atom stereocenters. The summed E-state index contributed by atoms with van der Waals surface area (Å²) in [5.41, 5.74) is -3.41. The molecule has 2 fully saturated rings. The van der Waals surface area contributed by atoms with Crippen molar-refractivity contribution in [1.82, 2.24) is 62.2 Å². The van der Waals surface area contributed by atoms with Crippen molar-refractivity contribution >= 4 is 59.6 Å². The van der Waals surface area contributed by atoms with Crippen molar-refractivity contribution in [2.24, 2.45) is 23.7 Å². The Hall–Kier alpha value is -6.13. The minimum absolute atomic E-state index is 0.00552.